The average Bonchev–Trinajstić information content (AvgIpc) is 3.14. The van der Waals surface area contributed by atoms with Gasteiger partial charge in [0, 0.05) is 19.1 Å². The topological polar surface area (TPSA) is 93.5 Å². The molecule has 0 bridgehead atoms. The molecule has 9 heteroatoms. The van der Waals surface area contributed by atoms with E-state index < -0.39 is 0 Å². The number of hydrogen-bond acceptors (Lipinski definition) is 6. The summed E-state index contributed by atoms with van der Waals surface area (Å²) in [5, 5.41) is 3.55. The van der Waals surface area contributed by atoms with Crippen LogP contribution < -0.4 is 10.9 Å². The number of rotatable bonds is 5. The van der Waals surface area contributed by atoms with Crippen LogP contribution in [0, 0.1) is 6.92 Å². The van der Waals surface area contributed by atoms with Crippen LogP contribution in [0.2, 0.25) is 0 Å². The average molecular weight is 455 g/mol. The second kappa shape index (κ2) is 9.52. The predicted molar refractivity (Wildman–Crippen MR) is 123 cm³/mol. The number of carbonyl (C=O) groups is 2. The molecule has 2 aromatic heterocycles. The molecule has 0 aliphatic carbocycles. The lowest BCUT2D eigenvalue weighted by atomic mass is 10.1. The van der Waals surface area contributed by atoms with E-state index in [0.717, 1.165) is 5.56 Å². The van der Waals surface area contributed by atoms with Crippen molar-refractivity contribution in [2.24, 2.45) is 0 Å². The van der Waals surface area contributed by atoms with E-state index in [4.69, 9.17) is 4.74 Å². The fourth-order valence-electron chi connectivity index (χ4n) is 3.94. The van der Waals surface area contributed by atoms with E-state index in [1.165, 1.54) is 11.3 Å². The number of carbonyl (C=O) groups excluding carboxylic acids is 2. The summed E-state index contributed by atoms with van der Waals surface area (Å²) in [6.07, 6.45) is 2.56. The summed E-state index contributed by atoms with van der Waals surface area (Å²) in [5.41, 5.74) is 1.52. The van der Waals surface area contributed by atoms with Gasteiger partial charge in [0.15, 0.2) is 0 Å². The Morgan fingerprint density at radius 2 is 1.94 bits per heavy atom. The van der Waals surface area contributed by atoms with Crippen molar-refractivity contribution in [3.8, 4) is 0 Å². The van der Waals surface area contributed by atoms with E-state index in [2.05, 4.69) is 10.3 Å². The number of nitrogens with zero attached hydrogens (tertiary/aromatic N) is 3. The Morgan fingerprint density at radius 1 is 1.22 bits per heavy atom. The summed E-state index contributed by atoms with van der Waals surface area (Å²) < 4.78 is 6.61. The Kier molecular flexibility index (Phi) is 6.55. The van der Waals surface area contributed by atoms with E-state index >= 15 is 0 Å². The van der Waals surface area contributed by atoms with Crippen molar-refractivity contribution in [2.75, 3.05) is 19.7 Å². The SMILES string of the molecule is CCOC(=O)N1CCC(NC(=O)c2sc3ncn(Cc4ccccc4)c(=O)c3c2C)CC1. The number of likely N-dealkylation sites (tertiary alicyclic amines) is 1. The molecule has 2 amide bonds. The Hall–Kier alpha value is -3.20. The van der Waals surface area contributed by atoms with E-state index in [0.29, 0.717) is 59.7 Å². The van der Waals surface area contributed by atoms with Gasteiger partial charge in [-0.15, -0.1) is 11.3 Å². The zero-order valence-electron chi connectivity index (χ0n) is 18.2. The maximum absolute atomic E-state index is 13.1. The molecular formula is C23H26N4O4S. The first-order valence-electron chi connectivity index (χ1n) is 10.7. The van der Waals surface area contributed by atoms with Gasteiger partial charge in [0.1, 0.15) is 4.83 Å². The number of hydrogen-bond donors (Lipinski definition) is 1. The summed E-state index contributed by atoms with van der Waals surface area (Å²) in [6.45, 7) is 5.44. The van der Waals surface area contributed by atoms with Crippen LogP contribution in [0.1, 0.15) is 40.6 Å². The Balaban J connectivity index is 1.48. The van der Waals surface area contributed by atoms with Gasteiger partial charge in [0.25, 0.3) is 11.5 Å². The molecule has 1 aromatic carbocycles. The molecule has 0 saturated carbocycles. The third-order valence-electron chi connectivity index (χ3n) is 5.68. The van der Waals surface area contributed by atoms with Crippen molar-refractivity contribution < 1.29 is 14.3 Å². The Morgan fingerprint density at radius 3 is 2.62 bits per heavy atom. The van der Waals surface area contributed by atoms with Gasteiger partial charge in [-0.25, -0.2) is 9.78 Å². The zero-order valence-corrected chi connectivity index (χ0v) is 19.0. The van der Waals surface area contributed by atoms with Crippen LogP contribution >= 0.6 is 11.3 Å². The number of piperidine rings is 1. The van der Waals surface area contributed by atoms with Crippen molar-refractivity contribution in [1.29, 1.82) is 0 Å². The van der Waals surface area contributed by atoms with Crippen molar-refractivity contribution in [3.05, 3.63) is 63.0 Å². The van der Waals surface area contributed by atoms with Crippen molar-refractivity contribution in [3.63, 3.8) is 0 Å². The van der Waals surface area contributed by atoms with Gasteiger partial charge in [0.2, 0.25) is 0 Å². The molecule has 0 unspecified atom stereocenters. The molecule has 3 heterocycles. The minimum atomic E-state index is -0.310. The van der Waals surface area contributed by atoms with Crippen LogP contribution in [0.25, 0.3) is 10.2 Å². The van der Waals surface area contributed by atoms with Crippen LogP contribution in [-0.4, -0.2) is 52.2 Å². The molecule has 0 spiro atoms. The number of thiophene rings is 1. The standard InChI is InChI=1S/C23H26N4O4S/c1-3-31-23(30)26-11-9-17(10-12-26)25-20(28)19-15(2)18-21(32-19)24-14-27(22(18)29)13-16-7-5-4-6-8-16/h4-8,14,17H,3,9-13H2,1-2H3,(H,25,28). The highest BCUT2D eigenvalue weighted by Gasteiger charge is 2.26. The fourth-order valence-corrected chi connectivity index (χ4v) is 4.98. The molecule has 168 valence electrons. The van der Waals surface area contributed by atoms with Crippen LogP contribution in [0.15, 0.2) is 41.5 Å². The first-order valence-corrected chi connectivity index (χ1v) is 11.5. The largest absolute Gasteiger partial charge is 0.450 e. The van der Waals surface area contributed by atoms with Crippen LogP contribution in [0.3, 0.4) is 0 Å². The highest BCUT2D eigenvalue weighted by Crippen LogP contribution is 2.27. The minimum absolute atomic E-state index is 0.0273. The van der Waals surface area contributed by atoms with Gasteiger partial charge < -0.3 is 15.0 Å². The predicted octanol–water partition coefficient (Wildman–Crippen LogP) is 3.17. The van der Waals surface area contributed by atoms with Gasteiger partial charge in [0.05, 0.1) is 29.7 Å². The summed E-state index contributed by atoms with van der Waals surface area (Å²) in [6, 6.07) is 9.69. The van der Waals surface area contributed by atoms with Crippen LogP contribution in [-0.2, 0) is 11.3 Å². The first-order chi connectivity index (χ1) is 15.5. The van der Waals surface area contributed by atoms with Crippen molar-refractivity contribution in [1.82, 2.24) is 19.8 Å². The number of benzene rings is 1. The zero-order chi connectivity index (χ0) is 22.7. The van der Waals surface area contributed by atoms with Gasteiger partial charge in [-0.05, 0) is 37.8 Å². The molecule has 1 fully saturated rings. The number of aromatic nitrogens is 2. The maximum atomic E-state index is 13.1. The number of nitrogens with one attached hydrogen (secondary N) is 1. The lowest BCUT2D eigenvalue weighted by Gasteiger charge is -2.31. The van der Waals surface area contributed by atoms with Gasteiger partial charge in [-0.2, -0.15) is 0 Å². The van der Waals surface area contributed by atoms with Crippen LogP contribution in [0.5, 0.6) is 0 Å². The highest BCUT2D eigenvalue weighted by molar-refractivity contribution is 7.20. The molecule has 8 nitrogen and oxygen atoms in total. The first kappa shape index (κ1) is 22.0. The fraction of sp³-hybridized carbons (Fsp3) is 0.391. The molecule has 4 rings (SSSR count). The number of amides is 2. The summed E-state index contributed by atoms with van der Waals surface area (Å²) in [5.74, 6) is -0.200. The number of aryl methyl sites for hydroxylation is 1. The maximum Gasteiger partial charge on any atom is 0.409 e. The molecule has 1 aliphatic rings. The number of ether oxygens (including phenoxy) is 1. The van der Waals surface area contributed by atoms with Gasteiger partial charge in [-0.1, -0.05) is 30.3 Å². The molecule has 0 radical (unpaired) electrons. The monoisotopic (exact) mass is 454 g/mol. The third-order valence-corrected chi connectivity index (χ3v) is 6.87. The smallest absolute Gasteiger partial charge is 0.409 e. The van der Waals surface area contributed by atoms with Gasteiger partial charge in [-0.3, -0.25) is 14.2 Å². The van der Waals surface area contributed by atoms with E-state index in [1.807, 2.05) is 30.3 Å². The Bertz CT molecular complexity index is 1180. The third kappa shape index (κ3) is 4.52. The molecule has 1 aliphatic heterocycles. The van der Waals surface area contributed by atoms with Crippen molar-refractivity contribution in [2.45, 2.75) is 39.3 Å². The van der Waals surface area contributed by atoms with E-state index in [1.54, 1.807) is 29.6 Å². The lowest BCUT2D eigenvalue weighted by Crippen LogP contribution is -2.46. The van der Waals surface area contributed by atoms with E-state index in [9.17, 15) is 14.4 Å². The van der Waals surface area contributed by atoms with Crippen molar-refractivity contribution >= 4 is 33.6 Å². The quantitative estimate of drug-likeness (QED) is 0.639. The van der Waals surface area contributed by atoms with Gasteiger partial charge >= 0.3 is 6.09 Å². The van der Waals surface area contributed by atoms with E-state index in [-0.39, 0.29) is 23.6 Å². The van der Waals surface area contributed by atoms with Crippen LogP contribution in [0.4, 0.5) is 4.79 Å². The lowest BCUT2D eigenvalue weighted by molar-refractivity contribution is 0.0862. The summed E-state index contributed by atoms with van der Waals surface area (Å²) >= 11 is 1.24. The molecule has 3 aromatic rings. The second-order valence-corrected chi connectivity index (χ2v) is 8.83. The summed E-state index contributed by atoms with van der Waals surface area (Å²) in [4.78, 5) is 45.1. The molecule has 0 atom stereocenters. The Labute approximate surface area is 189 Å². The summed E-state index contributed by atoms with van der Waals surface area (Å²) in [7, 11) is 0. The molecule has 32 heavy (non-hydrogen) atoms. The highest BCUT2D eigenvalue weighted by atomic mass is 32.1. The molecule has 1 N–H and O–H groups in total. The number of fused-ring (bicyclic) bond motifs is 1. The normalized spacial score (nSPS) is 14.5. The minimum Gasteiger partial charge on any atom is -0.450 e. The molecular weight excluding hydrogens is 428 g/mol. The molecule has 1 saturated heterocycles. The second-order valence-electron chi connectivity index (χ2n) is 7.83.